The van der Waals surface area contributed by atoms with Gasteiger partial charge in [0.1, 0.15) is 6.04 Å². The molecule has 3 unspecified atom stereocenters. The Morgan fingerprint density at radius 1 is 1.71 bits per heavy atom. The summed E-state index contributed by atoms with van der Waals surface area (Å²) in [5.74, 6) is 0.481. The Hall–Kier alpha value is -0.790. The lowest BCUT2D eigenvalue weighted by Gasteiger charge is -2.35. The van der Waals surface area contributed by atoms with E-state index < -0.39 is 0 Å². The van der Waals surface area contributed by atoms with Gasteiger partial charge < -0.3 is 20.7 Å². The summed E-state index contributed by atoms with van der Waals surface area (Å²) >= 11 is 1.15. The summed E-state index contributed by atoms with van der Waals surface area (Å²) in [6.07, 6.45) is -0.113. The number of hydrogen-bond donors (Lipinski definition) is 2. The van der Waals surface area contributed by atoms with Crippen molar-refractivity contribution >= 4 is 22.9 Å². The third-order valence-corrected chi connectivity index (χ3v) is 3.84. The van der Waals surface area contributed by atoms with Crippen LogP contribution in [0, 0.1) is 0 Å². The van der Waals surface area contributed by atoms with Crippen LogP contribution in [0.25, 0.3) is 0 Å². The van der Waals surface area contributed by atoms with E-state index in [9.17, 15) is 9.59 Å². The number of nitrogens with zero attached hydrogens (tertiary/aromatic N) is 1. The molecule has 0 aliphatic carbocycles. The number of nitrogens with two attached hydrogens (primary N) is 1. The van der Waals surface area contributed by atoms with Crippen LogP contribution in [0.4, 0.5) is 4.79 Å². The van der Waals surface area contributed by atoms with Gasteiger partial charge in [0.05, 0.1) is 12.7 Å². The van der Waals surface area contributed by atoms with Crippen LogP contribution in [-0.2, 0) is 9.53 Å². The molecule has 0 saturated carbocycles. The maximum Gasteiger partial charge on any atom is 0.279 e. The Bertz CT molecular complexity index is 324. The predicted molar refractivity (Wildman–Crippen MR) is 64.7 cm³/mol. The van der Waals surface area contributed by atoms with Crippen molar-refractivity contribution in [3.8, 4) is 0 Å². The molecule has 2 aliphatic heterocycles. The zero-order valence-corrected chi connectivity index (χ0v) is 10.5. The van der Waals surface area contributed by atoms with Gasteiger partial charge in [0.25, 0.3) is 5.24 Å². The summed E-state index contributed by atoms with van der Waals surface area (Å²) in [7, 11) is 0. The highest BCUT2D eigenvalue weighted by Gasteiger charge is 2.34. The van der Waals surface area contributed by atoms with Crippen LogP contribution in [0.1, 0.15) is 6.92 Å². The van der Waals surface area contributed by atoms with Crippen molar-refractivity contribution in [3.63, 3.8) is 0 Å². The molecule has 2 saturated heterocycles. The summed E-state index contributed by atoms with van der Waals surface area (Å²) in [4.78, 5) is 24.9. The van der Waals surface area contributed by atoms with Crippen molar-refractivity contribution in [3.05, 3.63) is 0 Å². The van der Waals surface area contributed by atoms with Gasteiger partial charge in [-0.15, -0.1) is 0 Å². The van der Waals surface area contributed by atoms with Crippen LogP contribution in [-0.4, -0.2) is 59.7 Å². The van der Waals surface area contributed by atoms with Crippen molar-refractivity contribution in [2.24, 2.45) is 5.73 Å². The second-order valence-corrected chi connectivity index (χ2v) is 5.34. The fourth-order valence-corrected chi connectivity index (χ4v) is 2.70. The Morgan fingerprint density at radius 2 is 2.47 bits per heavy atom. The standard InChI is InChI=1S/C10H17N3O3S/c1-6(11)8-4-13(2-3-16-8)9(14)7-5-17-10(15)12-7/h6-8H,2-5,11H2,1H3,(H,12,15). The molecule has 2 amide bonds. The minimum Gasteiger partial charge on any atom is -0.373 e. The average molecular weight is 259 g/mol. The quantitative estimate of drug-likeness (QED) is 0.691. The lowest BCUT2D eigenvalue weighted by molar-refractivity contribution is -0.140. The van der Waals surface area contributed by atoms with Crippen molar-refractivity contribution < 1.29 is 14.3 Å². The Balaban J connectivity index is 1.93. The van der Waals surface area contributed by atoms with Crippen molar-refractivity contribution in [1.82, 2.24) is 10.2 Å². The molecule has 17 heavy (non-hydrogen) atoms. The summed E-state index contributed by atoms with van der Waals surface area (Å²) in [5.41, 5.74) is 5.77. The summed E-state index contributed by atoms with van der Waals surface area (Å²) < 4.78 is 5.49. The SMILES string of the molecule is CC(N)C1CN(C(=O)C2CSC(=O)N2)CCO1. The third-order valence-electron chi connectivity index (χ3n) is 2.96. The Morgan fingerprint density at radius 3 is 3.06 bits per heavy atom. The van der Waals surface area contributed by atoms with Gasteiger partial charge in [-0.2, -0.15) is 0 Å². The number of hydrogen-bond acceptors (Lipinski definition) is 5. The summed E-state index contributed by atoms with van der Waals surface area (Å²) in [6, 6.07) is -0.488. The van der Waals surface area contributed by atoms with Crippen molar-refractivity contribution in [2.75, 3.05) is 25.4 Å². The Labute approximate surface area is 104 Å². The summed E-state index contributed by atoms with van der Waals surface area (Å²) in [5, 5.41) is 2.53. The average Bonchev–Trinajstić information content (AvgIpc) is 2.75. The van der Waals surface area contributed by atoms with Crippen LogP contribution >= 0.6 is 11.8 Å². The molecular weight excluding hydrogens is 242 g/mol. The Kier molecular flexibility index (Phi) is 3.90. The maximum atomic E-state index is 12.1. The molecule has 6 nitrogen and oxygen atoms in total. The van der Waals surface area contributed by atoms with Crippen molar-refractivity contribution in [2.45, 2.75) is 25.1 Å². The van der Waals surface area contributed by atoms with Crippen LogP contribution in [0.5, 0.6) is 0 Å². The molecule has 0 bridgehead atoms. The zero-order valence-electron chi connectivity index (χ0n) is 9.72. The molecule has 2 aliphatic rings. The van der Waals surface area contributed by atoms with E-state index in [4.69, 9.17) is 10.5 Å². The van der Waals surface area contributed by atoms with Crippen LogP contribution in [0.2, 0.25) is 0 Å². The topological polar surface area (TPSA) is 84.7 Å². The zero-order chi connectivity index (χ0) is 12.4. The van der Waals surface area contributed by atoms with E-state index in [1.54, 1.807) is 4.90 Å². The van der Waals surface area contributed by atoms with E-state index in [1.807, 2.05) is 6.92 Å². The van der Waals surface area contributed by atoms with Gasteiger partial charge in [0, 0.05) is 24.9 Å². The molecule has 0 aromatic carbocycles. The second kappa shape index (κ2) is 5.24. The monoisotopic (exact) mass is 259 g/mol. The number of ether oxygens (including phenoxy) is 1. The first kappa shape index (κ1) is 12.7. The molecule has 2 heterocycles. The molecule has 2 rings (SSSR count). The van der Waals surface area contributed by atoms with E-state index in [-0.39, 0.29) is 29.3 Å². The number of amides is 2. The van der Waals surface area contributed by atoms with E-state index in [1.165, 1.54) is 0 Å². The highest BCUT2D eigenvalue weighted by Crippen LogP contribution is 2.16. The van der Waals surface area contributed by atoms with Crippen LogP contribution in [0.15, 0.2) is 0 Å². The van der Waals surface area contributed by atoms with Gasteiger partial charge >= 0.3 is 0 Å². The normalized spacial score (nSPS) is 31.2. The lowest BCUT2D eigenvalue weighted by Crippen LogP contribution is -2.55. The third kappa shape index (κ3) is 2.91. The van der Waals surface area contributed by atoms with Gasteiger partial charge in [-0.1, -0.05) is 11.8 Å². The highest BCUT2D eigenvalue weighted by molar-refractivity contribution is 8.14. The molecule has 96 valence electrons. The van der Waals surface area contributed by atoms with Gasteiger partial charge in [-0.05, 0) is 6.92 Å². The lowest BCUT2D eigenvalue weighted by atomic mass is 10.1. The fraction of sp³-hybridized carbons (Fsp3) is 0.800. The minimum atomic E-state index is -0.390. The molecule has 2 fully saturated rings. The number of thioether (sulfide) groups is 1. The first-order valence-corrected chi connectivity index (χ1v) is 6.65. The first-order valence-electron chi connectivity index (χ1n) is 5.67. The second-order valence-electron chi connectivity index (χ2n) is 4.35. The smallest absolute Gasteiger partial charge is 0.279 e. The molecule has 7 heteroatoms. The predicted octanol–water partition coefficient (Wildman–Crippen LogP) is -0.614. The first-order chi connectivity index (χ1) is 8.08. The van der Waals surface area contributed by atoms with Crippen molar-refractivity contribution in [1.29, 1.82) is 0 Å². The van der Waals surface area contributed by atoms with Gasteiger partial charge in [0.2, 0.25) is 5.91 Å². The van der Waals surface area contributed by atoms with Gasteiger partial charge in [0.15, 0.2) is 0 Å². The molecule has 3 atom stereocenters. The number of carbonyl (C=O) groups is 2. The number of nitrogens with one attached hydrogen (secondary N) is 1. The fourth-order valence-electron chi connectivity index (χ4n) is 1.93. The molecular formula is C10H17N3O3S. The highest BCUT2D eigenvalue weighted by atomic mass is 32.2. The number of rotatable bonds is 2. The molecule has 0 aromatic rings. The van der Waals surface area contributed by atoms with E-state index in [0.29, 0.717) is 25.4 Å². The minimum absolute atomic E-state index is 0.0303. The molecule has 0 aromatic heterocycles. The van der Waals surface area contributed by atoms with Crippen LogP contribution in [0.3, 0.4) is 0 Å². The van der Waals surface area contributed by atoms with Gasteiger partial charge in [-0.25, -0.2) is 0 Å². The van der Waals surface area contributed by atoms with E-state index in [0.717, 1.165) is 11.8 Å². The molecule has 0 spiro atoms. The van der Waals surface area contributed by atoms with E-state index in [2.05, 4.69) is 5.32 Å². The molecule has 3 N–H and O–H groups in total. The largest absolute Gasteiger partial charge is 0.373 e. The van der Waals surface area contributed by atoms with Crippen LogP contribution < -0.4 is 11.1 Å². The molecule has 0 radical (unpaired) electrons. The number of carbonyl (C=O) groups excluding carboxylic acids is 2. The maximum absolute atomic E-state index is 12.1. The summed E-state index contributed by atoms with van der Waals surface area (Å²) in [6.45, 7) is 3.45. The van der Waals surface area contributed by atoms with E-state index >= 15 is 0 Å². The number of morpholine rings is 1. The van der Waals surface area contributed by atoms with Gasteiger partial charge in [-0.3, -0.25) is 9.59 Å².